The summed E-state index contributed by atoms with van der Waals surface area (Å²) < 4.78 is 5.44. The van der Waals surface area contributed by atoms with Crippen LogP contribution in [0, 0.1) is 18.3 Å². The molecule has 5 heteroatoms. The van der Waals surface area contributed by atoms with E-state index in [1.54, 1.807) is 18.4 Å². The van der Waals surface area contributed by atoms with Crippen LogP contribution in [0.3, 0.4) is 0 Å². The number of thiophene rings is 1. The summed E-state index contributed by atoms with van der Waals surface area (Å²) in [6.07, 6.45) is 2.29. The van der Waals surface area contributed by atoms with Crippen LogP contribution in [0.4, 0.5) is 0 Å². The maximum Gasteiger partial charge on any atom is 0.264 e. The first-order valence-corrected chi connectivity index (χ1v) is 8.57. The van der Waals surface area contributed by atoms with Crippen LogP contribution in [0.5, 0.6) is 0 Å². The SMILES string of the molecule is COCC1CN(C(=O)c2sccc2C)CC12CCNCC2. The number of piperidine rings is 1. The van der Waals surface area contributed by atoms with E-state index < -0.39 is 0 Å². The number of aryl methyl sites for hydroxylation is 1. The average Bonchev–Trinajstić information content (AvgIpc) is 3.05. The van der Waals surface area contributed by atoms with E-state index in [4.69, 9.17) is 4.74 Å². The molecule has 2 aliphatic rings. The molecule has 4 nitrogen and oxygen atoms in total. The van der Waals surface area contributed by atoms with Crippen molar-refractivity contribution in [1.29, 1.82) is 0 Å². The van der Waals surface area contributed by atoms with Crippen LogP contribution in [0.1, 0.15) is 28.1 Å². The third-order valence-corrected chi connectivity index (χ3v) is 6.13. The summed E-state index contributed by atoms with van der Waals surface area (Å²) in [5.74, 6) is 0.674. The monoisotopic (exact) mass is 308 g/mol. The molecule has 1 amide bonds. The number of amides is 1. The molecular weight excluding hydrogens is 284 g/mol. The van der Waals surface area contributed by atoms with Gasteiger partial charge in [-0.15, -0.1) is 11.3 Å². The highest BCUT2D eigenvalue weighted by Gasteiger charge is 2.48. The van der Waals surface area contributed by atoms with Gasteiger partial charge in [-0.25, -0.2) is 0 Å². The standard InChI is InChI=1S/C16H24N2O2S/c1-12-3-8-21-14(12)15(19)18-9-13(10-20-2)16(11-18)4-6-17-7-5-16/h3,8,13,17H,4-7,9-11H2,1-2H3. The van der Waals surface area contributed by atoms with Crippen LogP contribution in [0.25, 0.3) is 0 Å². The van der Waals surface area contributed by atoms with Gasteiger partial charge in [0.2, 0.25) is 0 Å². The first-order chi connectivity index (χ1) is 10.2. The van der Waals surface area contributed by atoms with Crippen molar-refractivity contribution in [3.05, 3.63) is 21.9 Å². The van der Waals surface area contributed by atoms with Gasteiger partial charge in [-0.2, -0.15) is 0 Å². The van der Waals surface area contributed by atoms with Crippen molar-refractivity contribution < 1.29 is 9.53 Å². The fourth-order valence-corrected chi connectivity index (χ4v) is 4.74. The fourth-order valence-electron chi connectivity index (χ4n) is 3.85. The Morgan fingerprint density at radius 3 is 2.90 bits per heavy atom. The molecule has 1 aromatic rings. The molecule has 21 heavy (non-hydrogen) atoms. The number of ether oxygens (including phenoxy) is 1. The van der Waals surface area contributed by atoms with Crippen molar-refractivity contribution in [2.24, 2.45) is 11.3 Å². The molecule has 0 saturated carbocycles. The lowest BCUT2D eigenvalue weighted by Gasteiger charge is -2.38. The highest BCUT2D eigenvalue weighted by molar-refractivity contribution is 7.12. The summed E-state index contributed by atoms with van der Waals surface area (Å²) in [5.41, 5.74) is 1.35. The van der Waals surface area contributed by atoms with Gasteiger partial charge in [-0.3, -0.25) is 4.79 Å². The fraction of sp³-hybridized carbons (Fsp3) is 0.688. The zero-order chi connectivity index (χ0) is 14.9. The third-order valence-electron chi connectivity index (χ3n) is 5.12. The Bertz CT molecular complexity index is 508. The summed E-state index contributed by atoms with van der Waals surface area (Å²) in [4.78, 5) is 15.7. The highest BCUT2D eigenvalue weighted by atomic mass is 32.1. The van der Waals surface area contributed by atoms with Crippen molar-refractivity contribution in [1.82, 2.24) is 10.2 Å². The maximum absolute atomic E-state index is 12.8. The normalized spacial score (nSPS) is 24.7. The molecule has 1 aromatic heterocycles. The van der Waals surface area contributed by atoms with E-state index in [0.29, 0.717) is 5.92 Å². The molecular formula is C16H24N2O2S. The Balaban J connectivity index is 1.79. The minimum absolute atomic E-state index is 0.207. The lowest BCUT2D eigenvalue weighted by atomic mass is 9.71. The number of nitrogens with one attached hydrogen (secondary N) is 1. The summed E-state index contributed by atoms with van der Waals surface area (Å²) >= 11 is 1.56. The lowest BCUT2D eigenvalue weighted by molar-refractivity contribution is 0.0702. The highest BCUT2D eigenvalue weighted by Crippen LogP contribution is 2.44. The largest absolute Gasteiger partial charge is 0.384 e. The second-order valence-electron chi connectivity index (χ2n) is 6.38. The first kappa shape index (κ1) is 15.0. The second kappa shape index (κ2) is 6.07. The molecule has 3 heterocycles. The van der Waals surface area contributed by atoms with Crippen molar-refractivity contribution in [2.75, 3.05) is 39.9 Å². The van der Waals surface area contributed by atoms with Crippen molar-refractivity contribution in [3.63, 3.8) is 0 Å². The lowest BCUT2D eigenvalue weighted by Crippen LogP contribution is -2.43. The number of hydrogen-bond donors (Lipinski definition) is 1. The topological polar surface area (TPSA) is 41.6 Å². The van der Waals surface area contributed by atoms with Crippen LogP contribution in [-0.2, 0) is 4.74 Å². The van der Waals surface area contributed by atoms with Crippen molar-refractivity contribution >= 4 is 17.2 Å². The number of methoxy groups -OCH3 is 1. The van der Waals surface area contributed by atoms with Gasteiger partial charge in [0.05, 0.1) is 11.5 Å². The van der Waals surface area contributed by atoms with Crippen LogP contribution >= 0.6 is 11.3 Å². The Labute approximate surface area is 130 Å². The molecule has 1 atom stereocenters. The summed E-state index contributed by atoms with van der Waals surface area (Å²) in [6, 6.07) is 2.03. The van der Waals surface area contributed by atoms with Gasteiger partial charge in [0.25, 0.3) is 5.91 Å². The molecule has 3 rings (SSSR count). The molecule has 0 aromatic carbocycles. The van der Waals surface area contributed by atoms with Gasteiger partial charge in [0.15, 0.2) is 0 Å². The summed E-state index contributed by atoms with van der Waals surface area (Å²) in [5, 5.41) is 5.44. The predicted octanol–water partition coefficient (Wildman–Crippen LogP) is 2.14. The van der Waals surface area contributed by atoms with E-state index >= 15 is 0 Å². The number of nitrogens with zero attached hydrogens (tertiary/aromatic N) is 1. The van der Waals surface area contributed by atoms with Crippen LogP contribution in [0.2, 0.25) is 0 Å². The summed E-state index contributed by atoms with van der Waals surface area (Å²) in [6.45, 7) is 6.61. The zero-order valence-electron chi connectivity index (χ0n) is 12.9. The zero-order valence-corrected chi connectivity index (χ0v) is 13.7. The number of rotatable bonds is 3. The maximum atomic E-state index is 12.8. The number of likely N-dealkylation sites (tertiary alicyclic amines) is 1. The van der Waals surface area contributed by atoms with Gasteiger partial charge >= 0.3 is 0 Å². The quantitative estimate of drug-likeness (QED) is 0.930. The molecule has 0 radical (unpaired) electrons. The van der Waals surface area contributed by atoms with E-state index in [1.165, 1.54) is 0 Å². The van der Waals surface area contributed by atoms with Gasteiger partial charge in [-0.1, -0.05) is 0 Å². The van der Waals surface area contributed by atoms with Gasteiger partial charge in [0, 0.05) is 26.1 Å². The van der Waals surface area contributed by atoms with Crippen LogP contribution < -0.4 is 5.32 Å². The van der Waals surface area contributed by atoms with Gasteiger partial charge in [-0.05, 0) is 55.3 Å². The molecule has 0 bridgehead atoms. The van der Waals surface area contributed by atoms with E-state index in [2.05, 4.69) is 10.2 Å². The van der Waals surface area contributed by atoms with E-state index in [1.807, 2.05) is 18.4 Å². The van der Waals surface area contributed by atoms with E-state index in [9.17, 15) is 4.79 Å². The van der Waals surface area contributed by atoms with Crippen molar-refractivity contribution in [3.8, 4) is 0 Å². The Kier molecular flexibility index (Phi) is 4.33. The molecule has 2 saturated heterocycles. The predicted molar refractivity (Wildman–Crippen MR) is 84.9 cm³/mol. The van der Waals surface area contributed by atoms with Crippen molar-refractivity contribution in [2.45, 2.75) is 19.8 Å². The van der Waals surface area contributed by atoms with Crippen LogP contribution in [-0.4, -0.2) is 50.7 Å². The third kappa shape index (κ3) is 2.74. The molecule has 116 valence electrons. The van der Waals surface area contributed by atoms with Gasteiger partial charge < -0.3 is 15.0 Å². The van der Waals surface area contributed by atoms with Gasteiger partial charge in [0.1, 0.15) is 0 Å². The Morgan fingerprint density at radius 1 is 1.52 bits per heavy atom. The second-order valence-corrected chi connectivity index (χ2v) is 7.30. The molecule has 1 unspecified atom stereocenters. The minimum Gasteiger partial charge on any atom is -0.384 e. The van der Waals surface area contributed by atoms with Crippen LogP contribution in [0.15, 0.2) is 11.4 Å². The average molecular weight is 308 g/mol. The Morgan fingerprint density at radius 2 is 2.29 bits per heavy atom. The number of hydrogen-bond acceptors (Lipinski definition) is 4. The minimum atomic E-state index is 0.207. The number of carbonyl (C=O) groups excluding carboxylic acids is 1. The molecule has 1 spiro atoms. The van der Waals surface area contributed by atoms with E-state index in [-0.39, 0.29) is 11.3 Å². The smallest absolute Gasteiger partial charge is 0.264 e. The first-order valence-electron chi connectivity index (χ1n) is 7.69. The molecule has 2 aliphatic heterocycles. The Hall–Kier alpha value is -0.910. The number of carbonyl (C=O) groups is 1. The molecule has 2 fully saturated rings. The summed E-state index contributed by atoms with van der Waals surface area (Å²) in [7, 11) is 1.77. The van der Waals surface area contributed by atoms with E-state index in [0.717, 1.165) is 56.1 Å². The molecule has 1 N–H and O–H groups in total. The molecule has 0 aliphatic carbocycles.